The third kappa shape index (κ3) is 3.03. The van der Waals surface area contributed by atoms with E-state index in [0.717, 1.165) is 22.8 Å². The van der Waals surface area contributed by atoms with Gasteiger partial charge < -0.3 is 19.4 Å². The van der Waals surface area contributed by atoms with Gasteiger partial charge in [-0.2, -0.15) is 0 Å². The van der Waals surface area contributed by atoms with E-state index in [4.69, 9.17) is 9.47 Å². The number of urea groups is 1. The van der Waals surface area contributed by atoms with Crippen LogP contribution in [-0.2, 0) is 16.9 Å². The fourth-order valence-electron chi connectivity index (χ4n) is 4.19. The molecule has 1 atom stereocenters. The zero-order chi connectivity index (χ0) is 21.6. The number of hydrogen-bond acceptors (Lipinski definition) is 5. The molecule has 0 aliphatic carbocycles. The van der Waals surface area contributed by atoms with Crippen molar-refractivity contribution in [3.63, 3.8) is 0 Å². The Hall–Kier alpha value is -3.29. The van der Waals surface area contributed by atoms with Gasteiger partial charge in [0.1, 0.15) is 18.8 Å². The smallest absolute Gasteiger partial charge is 0.325 e. The Bertz CT molecular complexity index is 1060. The fraction of sp³-hybridized carbons (Fsp3) is 0.409. The molecule has 4 rings (SSSR count). The number of amides is 3. The van der Waals surface area contributed by atoms with E-state index in [1.807, 2.05) is 25.3 Å². The van der Waals surface area contributed by atoms with Crippen molar-refractivity contribution in [2.75, 3.05) is 19.8 Å². The number of ketones is 1. The second kappa shape index (κ2) is 7.19. The molecule has 1 fully saturated rings. The number of hydrogen-bond donors (Lipinski definition) is 1. The number of rotatable bonds is 5. The predicted octanol–water partition coefficient (Wildman–Crippen LogP) is 2.55. The van der Waals surface area contributed by atoms with Crippen LogP contribution in [0.2, 0.25) is 0 Å². The molecule has 0 saturated carbocycles. The topological polar surface area (TPSA) is 89.9 Å². The van der Waals surface area contributed by atoms with E-state index in [-0.39, 0.29) is 12.3 Å². The quantitative estimate of drug-likeness (QED) is 0.603. The molecular formula is C22H25N3O5. The molecule has 0 spiro atoms. The molecule has 1 aromatic heterocycles. The molecule has 158 valence electrons. The van der Waals surface area contributed by atoms with Crippen LogP contribution in [0.3, 0.4) is 0 Å². The minimum Gasteiger partial charge on any atom is -0.486 e. The lowest BCUT2D eigenvalue weighted by Crippen LogP contribution is -2.41. The molecule has 3 amide bonds. The zero-order valence-electron chi connectivity index (χ0n) is 17.6. The highest BCUT2D eigenvalue weighted by Crippen LogP contribution is 2.37. The van der Waals surface area contributed by atoms with Crippen LogP contribution in [0.4, 0.5) is 4.79 Å². The summed E-state index contributed by atoms with van der Waals surface area (Å²) in [5, 5.41) is 2.74. The minimum atomic E-state index is -1.28. The summed E-state index contributed by atoms with van der Waals surface area (Å²) in [6.45, 7) is 8.76. The van der Waals surface area contributed by atoms with Gasteiger partial charge in [0, 0.05) is 23.5 Å². The number of carbonyl (C=O) groups is 3. The molecule has 1 N–H and O–H groups in total. The average Bonchev–Trinajstić information content (AvgIpc) is 3.14. The van der Waals surface area contributed by atoms with Crippen LogP contribution in [0.5, 0.6) is 11.5 Å². The van der Waals surface area contributed by atoms with Crippen LogP contribution in [0, 0.1) is 13.8 Å². The summed E-state index contributed by atoms with van der Waals surface area (Å²) in [6.07, 6.45) is 0. The SMILES string of the molecule is CCn1c(C)cc(C(=O)CN2C(=O)N[C@@](C)(c3ccc4c(c3)OCCO4)C2=O)c1C. The molecule has 8 heteroatoms. The molecule has 1 saturated heterocycles. The van der Waals surface area contributed by atoms with Gasteiger partial charge in [-0.15, -0.1) is 0 Å². The summed E-state index contributed by atoms with van der Waals surface area (Å²) >= 11 is 0. The molecule has 2 aliphatic heterocycles. The Balaban J connectivity index is 1.59. The van der Waals surface area contributed by atoms with Crippen molar-refractivity contribution < 1.29 is 23.9 Å². The highest BCUT2D eigenvalue weighted by molar-refractivity contribution is 6.11. The normalized spacial score (nSPS) is 20.5. The molecule has 8 nitrogen and oxygen atoms in total. The molecule has 2 aliphatic rings. The van der Waals surface area contributed by atoms with E-state index in [1.165, 1.54) is 0 Å². The van der Waals surface area contributed by atoms with Gasteiger partial charge in [-0.25, -0.2) is 4.79 Å². The van der Waals surface area contributed by atoms with Crippen molar-refractivity contribution in [3.05, 3.63) is 46.8 Å². The summed E-state index contributed by atoms with van der Waals surface area (Å²) in [5.41, 5.74) is 1.62. The van der Waals surface area contributed by atoms with Crippen molar-refractivity contribution in [2.24, 2.45) is 0 Å². The molecule has 3 heterocycles. The Morgan fingerprint density at radius 1 is 1.13 bits per heavy atom. The molecule has 0 radical (unpaired) electrons. The van der Waals surface area contributed by atoms with Gasteiger partial charge in [0.2, 0.25) is 0 Å². The van der Waals surface area contributed by atoms with E-state index in [1.54, 1.807) is 31.2 Å². The van der Waals surface area contributed by atoms with Crippen molar-refractivity contribution >= 4 is 17.7 Å². The maximum Gasteiger partial charge on any atom is 0.325 e. The molecule has 1 aromatic carbocycles. The second-order valence-corrected chi connectivity index (χ2v) is 7.76. The number of imide groups is 1. The number of nitrogens with zero attached hydrogens (tertiary/aromatic N) is 2. The lowest BCUT2D eigenvalue weighted by molar-refractivity contribution is -0.130. The van der Waals surface area contributed by atoms with Gasteiger partial charge >= 0.3 is 6.03 Å². The summed E-state index contributed by atoms with van der Waals surface area (Å²) in [6, 6.07) is 6.37. The third-order valence-corrected chi connectivity index (χ3v) is 5.89. The largest absolute Gasteiger partial charge is 0.486 e. The molecule has 2 aromatic rings. The number of Topliss-reactive ketones (excluding diaryl/α,β-unsaturated/α-hetero) is 1. The minimum absolute atomic E-state index is 0.266. The standard InChI is InChI=1S/C22H25N3O5/c1-5-24-13(2)10-16(14(24)3)17(26)12-25-20(27)22(4,23-21(25)28)15-6-7-18-19(11-15)30-9-8-29-18/h6-7,10-11H,5,8-9,12H2,1-4H3,(H,23,28)/t22-/m0/s1. The third-order valence-electron chi connectivity index (χ3n) is 5.89. The van der Waals surface area contributed by atoms with Crippen LogP contribution in [0.15, 0.2) is 24.3 Å². The van der Waals surface area contributed by atoms with Gasteiger partial charge in [0.15, 0.2) is 17.3 Å². The van der Waals surface area contributed by atoms with Crippen molar-refractivity contribution in [3.8, 4) is 11.5 Å². The number of aromatic nitrogens is 1. The lowest BCUT2D eigenvalue weighted by atomic mass is 9.91. The van der Waals surface area contributed by atoms with Crippen LogP contribution in [0.25, 0.3) is 0 Å². The van der Waals surface area contributed by atoms with E-state index in [2.05, 4.69) is 5.32 Å². The molecule has 0 unspecified atom stereocenters. The highest BCUT2D eigenvalue weighted by atomic mass is 16.6. The van der Waals surface area contributed by atoms with Crippen LogP contribution in [-0.4, -0.2) is 46.9 Å². The van der Waals surface area contributed by atoms with E-state index in [0.29, 0.717) is 35.8 Å². The summed E-state index contributed by atoms with van der Waals surface area (Å²) in [5.74, 6) is 0.395. The first-order valence-electron chi connectivity index (χ1n) is 10.0. The Labute approximate surface area is 174 Å². The Morgan fingerprint density at radius 3 is 2.50 bits per heavy atom. The first-order valence-corrected chi connectivity index (χ1v) is 10.0. The number of fused-ring (bicyclic) bond motifs is 1. The van der Waals surface area contributed by atoms with Crippen molar-refractivity contribution in [1.82, 2.24) is 14.8 Å². The van der Waals surface area contributed by atoms with E-state index >= 15 is 0 Å². The molecule has 0 bridgehead atoms. The maximum atomic E-state index is 13.2. The lowest BCUT2D eigenvalue weighted by Gasteiger charge is -2.25. The summed E-state index contributed by atoms with van der Waals surface area (Å²) in [4.78, 5) is 39.7. The number of carbonyl (C=O) groups excluding carboxylic acids is 3. The first kappa shape index (κ1) is 20.0. The number of ether oxygens (including phenoxy) is 2. The first-order chi connectivity index (χ1) is 14.3. The van der Waals surface area contributed by atoms with E-state index in [9.17, 15) is 14.4 Å². The maximum absolute atomic E-state index is 13.2. The fourth-order valence-corrected chi connectivity index (χ4v) is 4.19. The average molecular weight is 411 g/mol. The highest BCUT2D eigenvalue weighted by Gasteiger charge is 2.50. The number of aryl methyl sites for hydroxylation is 1. The molecule has 30 heavy (non-hydrogen) atoms. The van der Waals surface area contributed by atoms with Gasteiger partial charge in [0.25, 0.3) is 5.91 Å². The summed E-state index contributed by atoms with van der Waals surface area (Å²) in [7, 11) is 0. The van der Waals surface area contributed by atoms with Crippen molar-refractivity contribution in [2.45, 2.75) is 39.8 Å². The van der Waals surface area contributed by atoms with E-state index < -0.39 is 17.5 Å². The summed E-state index contributed by atoms with van der Waals surface area (Å²) < 4.78 is 13.1. The van der Waals surface area contributed by atoms with Crippen LogP contribution >= 0.6 is 0 Å². The van der Waals surface area contributed by atoms with Gasteiger partial charge in [0.05, 0.1) is 6.54 Å². The Kier molecular flexibility index (Phi) is 4.80. The monoisotopic (exact) mass is 411 g/mol. The molecular weight excluding hydrogens is 386 g/mol. The van der Waals surface area contributed by atoms with Gasteiger partial charge in [-0.1, -0.05) is 6.07 Å². The van der Waals surface area contributed by atoms with Gasteiger partial charge in [-0.3, -0.25) is 14.5 Å². The number of benzene rings is 1. The van der Waals surface area contributed by atoms with Gasteiger partial charge in [-0.05, 0) is 51.5 Å². The number of nitrogens with one attached hydrogen (secondary N) is 1. The van der Waals surface area contributed by atoms with Crippen molar-refractivity contribution in [1.29, 1.82) is 0 Å². The zero-order valence-corrected chi connectivity index (χ0v) is 17.6. The second-order valence-electron chi connectivity index (χ2n) is 7.76. The van der Waals surface area contributed by atoms with Crippen LogP contribution < -0.4 is 14.8 Å². The Morgan fingerprint density at radius 2 is 1.83 bits per heavy atom. The predicted molar refractivity (Wildman–Crippen MR) is 109 cm³/mol. The van der Waals surface area contributed by atoms with Crippen LogP contribution in [0.1, 0.15) is 41.2 Å².